The van der Waals surface area contributed by atoms with Gasteiger partial charge in [0.1, 0.15) is 16.5 Å². The van der Waals surface area contributed by atoms with Gasteiger partial charge in [-0.3, -0.25) is 10.1 Å². The first-order valence-electron chi connectivity index (χ1n) is 8.71. The van der Waals surface area contributed by atoms with Crippen LogP contribution in [0.3, 0.4) is 0 Å². The van der Waals surface area contributed by atoms with E-state index in [9.17, 15) is 18.0 Å². The number of hydrogen-bond acceptors (Lipinski definition) is 8. The highest BCUT2D eigenvalue weighted by Crippen LogP contribution is 2.29. The van der Waals surface area contributed by atoms with Crippen molar-refractivity contribution in [3.8, 4) is 6.01 Å². The van der Waals surface area contributed by atoms with Crippen LogP contribution in [0.4, 0.5) is 10.7 Å². The van der Waals surface area contributed by atoms with Crippen molar-refractivity contribution in [1.29, 1.82) is 0 Å². The molecule has 2 amide bonds. The van der Waals surface area contributed by atoms with Gasteiger partial charge in [-0.1, -0.05) is 30.2 Å². The number of halogens is 1. The molecular formula is C17H18ClN5O5S. The second kappa shape index (κ2) is 8.70. The Bertz CT molecular complexity index is 1050. The fourth-order valence-corrected chi connectivity index (χ4v) is 4.33. The van der Waals surface area contributed by atoms with E-state index >= 15 is 0 Å². The van der Waals surface area contributed by atoms with Gasteiger partial charge in [0.15, 0.2) is 0 Å². The molecule has 0 bridgehead atoms. The van der Waals surface area contributed by atoms with E-state index in [-0.39, 0.29) is 33.5 Å². The van der Waals surface area contributed by atoms with Crippen LogP contribution in [0.25, 0.3) is 0 Å². The smallest absolute Gasteiger partial charge is 0.335 e. The van der Waals surface area contributed by atoms with E-state index in [4.69, 9.17) is 16.3 Å². The van der Waals surface area contributed by atoms with E-state index in [0.29, 0.717) is 12.8 Å². The molecule has 12 heteroatoms. The topological polar surface area (TPSA) is 140 Å². The molecule has 29 heavy (non-hydrogen) atoms. The zero-order chi connectivity index (χ0) is 21.0. The zero-order valence-electron chi connectivity index (χ0n) is 15.4. The molecule has 1 saturated carbocycles. The largest absolute Gasteiger partial charge is 0.467 e. The van der Waals surface area contributed by atoms with E-state index in [0.717, 1.165) is 12.8 Å². The molecule has 2 aromatic rings. The lowest BCUT2D eigenvalue weighted by atomic mass is 9.87. The zero-order valence-corrected chi connectivity index (χ0v) is 17.0. The van der Waals surface area contributed by atoms with Gasteiger partial charge in [-0.05, 0) is 25.0 Å². The highest BCUT2D eigenvalue weighted by Gasteiger charge is 2.28. The summed E-state index contributed by atoms with van der Waals surface area (Å²) >= 11 is 5.88. The first-order chi connectivity index (χ1) is 13.8. The number of anilines is 1. The maximum atomic E-state index is 12.4. The Labute approximate surface area is 172 Å². The van der Waals surface area contributed by atoms with Crippen LogP contribution in [0.15, 0.2) is 29.2 Å². The molecule has 3 rings (SSSR count). The number of Topliss-reactive ketones (excluding diaryl/α,β-unsaturated/α-hetero) is 1. The van der Waals surface area contributed by atoms with Gasteiger partial charge in [0.25, 0.3) is 10.0 Å². The Kier molecular flexibility index (Phi) is 6.28. The van der Waals surface area contributed by atoms with Crippen LogP contribution >= 0.6 is 11.6 Å². The van der Waals surface area contributed by atoms with Gasteiger partial charge >= 0.3 is 12.0 Å². The maximum absolute atomic E-state index is 12.4. The Morgan fingerprint density at radius 2 is 1.97 bits per heavy atom. The second-order valence-electron chi connectivity index (χ2n) is 6.26. The number of carbonyl (C=O) groups excluding carboxylic acids is 2. The van der Waals surface area contributed by atoms with Crippen molar-refractivity contribution in [3.05, 3.63) is 35.1 Å². The monoisotopic (exact) mass is 439 g/mol. The Morgan fingerprint density at radius 1 is 1.21 bits per heavy atom. The predicted octanol–water partition coefficient (Wildman–Crippen LogP) is 2.27. The van der Waals surface area contributed by atoms with Gasteiger partial charge in [0.2, 0.25) is 5.95 Å². The molecule has 0 saturated heterocycles. The molecule has 1 aromatic carbocycles. The van der Waals surface area contributed by atoms with Gasteiger partial charge in [-0.15, -0.1) is 0 Å². The molecule has 2 N–H and O–H groups in total. The molecule has 1 aliphatic rings. The lowest BCUT2D eigenvalue weighted by molar-refractivity contribution is -0.122. The van der Waals surface area contributed by atoms with E-state index in [1.165, 1.54) is 25.3 Å². The molecule has 154 valence electrons. The maximum Gasteiger partial charge on any atom is 0.335 e. The standard InChI is InChI=1S/C17H18ClN5O5S/c1-28-17-20-14(10-6-2-4-8-12(10)24)19-15(22-17)21-16(25)23-29(26,27)13-9-5-3-7-11(13)18/h3,5,7,9-10H,2,4,6,8H2,1H3,(H2,19,20,21,22,23,25). The van der Waals surface area contributed by atoms with Crippen LogP contribution in [0, 0.1) is 0 Å². The van der Waals surface area contributed by atoms with E-state index in [2.05, 4.69) is 20.3 Å². The molecule has 0 spiro atoms. The van der Waals surface area contributed by atoms with Crippen molar-refractivity contribution in [3.63, 3.8) is 0 Å². The summed E-state index contributed by atoms with van der Waals surface area (Å²) in [5.74, 6) is -0.583. The fourth-order valence-electron chi connectivity index (χ4n) is 2.90. The molecule has 1 heterocycles. The molecule has 1 aliphatic carbocycles. The van der Waals surface area contributed by atoms with Crippen molar-refractivity contribution in [1.82, 2.24) is 19.7 Å². The molecule has 1 unspecified atom stereocenters. The quantitative estimate of drug-likeness (QED) is 0.722. The molecule has 0 aliphatic heterocycles. The first-order valence-corrected chi connectivity index (χ1v) is 10.6. The first kappa shape index (κ1) is 20.9. The van der Waals surface area contributed by atoms with Crippen LogP contribution < -0.4 is 14.8 Å². The van der Waals surface area contributed by atoms with Gasteiger partial charge in [-0.2, -0.15) is 15.0 Å². The summed E-state index contributed by atoms with van der Waals surface area (Å²) in [5.41, 5.74) is 0. The normalized spacial score (nSPS) is 16.9. The van der Waals surface area contributed by atoms with Crippen LogP contribution in [0.2, 0.25) is 5.02 Å². The molecule has 0 radical (unpaired) electrons. The number of carbonyl (C=O) groups is 2. The van der Waals surface area contributed by atoms with E-state index in [1.807, 2.05) is 4.72 Å². The third-order valence-corrected chi connectivity index (χ3v) is 6.09. The molecule has 10 nitrogen and oxygen atoms in total. The average molecular weight is 440 g/mol. The summed E-state index contributed by atoms with van der Waals surface area (Å²) in [6.45, 7) is 0. The van der Waals surface area contributed by atoms with Crippen LogP contribution in [0.1, 0.15) is 37.4 Å². The van der Waals surface area contributed by atoms with Crippen LogP contribution in [-0.4, -0.2) is 42.3 Å². The van der Waals surface area contributed by atoms with Gasteiger partial charge in [-0.25, -0.2) is 17.9 Å². The number of aromatic nitrogens is 3. The van der Waals surface area contributed by atoms with Gasteiger partial charge in [0, 0.05) is 6.42 Å². The summed E-state index contributed by atoms with van der Waals surface area (Å²) < 4.78 is 31.6. The lowest BCUT2D eigenvalue weighted by Crippen LogP contribution is -2.35. The number of urea groups is 1. The number of methoxy groups -OCH3 is 1. The molecule has 1 aromatic heterocycles. The van der Waals surface area contributed by atoms with Crippen molar-refractivity contribution >= 4 is 39.4 Å². The van der Waals surface area contributed by atoms with E-state index in [1.54, 1.807) is 6.07 Å². The highest BCUT2D eigenvalue weighted by atomic mass is 35.5. The minimum absolute atomic E-state index is 0.00111. The SMILES string of the molecule is COc1nc(NC(=O)NS(=O)(=O)c2ccccc2Cl)nc(C2CCCCC2=O)n1. The summed E-state index contributed by atoms with van der Waals surface area (Å²) in [4.78, 5) is 36.2. The number of benzene rings is 1. The minimum atomic E-state index is -4.22. The van der Waals surface area contributed by atoms with Gasteiger partial charge < -0.3 is 4.74 Å². The summed E-state index contributed by atoms with van der Waals surface area (Å²) in [5, 5.41) is 2.20. The van der Waals surface area contributed by atoms with Crippen molar-refractivity contribution < 1.29 is 22.7 Å². The minimum Gasteiger partial charge on any atom is -0.467 e. The number of nitrogens with zero attached hydrogens (tertiary/aromatic N) is 3. The van der Waals surface area contributed by atoms with Gasteiger partial charge in [0.05, 0.1) is 18.1 Å². The summed E-state index contributed by atoms with van der Waals surface area (Å²) in [6, 6.07) is 4.49. The second-order valence-corrected chi connectivity index (χ2v) is 8.32. The average Bonchev–Trinajstić information content (AvgIpc) is 2.67. The molecule has 1 atom stereocenters. The van der Waals surface area contributed by atoms with Crippen molar-refractivity contribution in [2.45, 2.75) is 36.5 Å². The van der Waals surface area contributed by atoms with Crippen molar-refractivity contribution in [2.24, 2.45) is 0 Å². The summed E-state index contributed by atoms with van der Waals surface area (Å²) in [6.07, 6.45) is 2.67. The lowest BCUT2D eigenvalue weighted by Gasteiger charge is -2.19. The Morgan fingerprint density at radius 3 is 2.66 bits per heavy atom. The number of nitrogens with one attached hydrogen (secondary N) is 2. The Balaban J connectivity index is 1.80. The number of sulfonamides is 1. The van der Waals surface area contributed by atoms with E-state index < -0.39 is 22.0 Å². The third kappa shape index (κ3) is 4.98. The number of hydrogen-bond donors (Lipinski definition) is 2. The van der Waals surface area contributed by atoms with Crippen LogP contribution in [-0.2, 0) is 14.8 Å². The van der Waals surface area contributed by atoms with Crippen LogP contribution in [0.5, 0.6) is 6.01 Å². The molecule has 1 fully saturated rings. The Hall–Kier alpha value is -2.79. The molecular weight excluding hydrogens is 422 g/mol. The van der Waals surface area contributed by atoms with Crippen molar-refractivity contribution in [2.75, 3.05) is 12.4 Å². The summed E-state index contributed by atoms with van der Waals surface area (Å²) in [7, 11) is -2.89. The third-order valence-electron chi connectivity index (χ3n) is 4.26. The number of rotatable bonds is 5. The highest BCUT2D eigenvalue weighted by molar-refractivity contribution is 7.90. The number of ether oxygens (including phenoxy) is 1. The fraction of sp³-hybridized carbons (Fsp3) is 0.353. The number of amides is 2. The number of ketones is 1. The predicted molar refractivity (Wildman–Crippen MR) is 103 cm³/mol.